The van der Waals surface area contributed by atoms with Crippen LogP contribution in [-0.4, -0.2) is 72.6 Å². The van der Waals surface area contributed by atoms with Gasteiger partial charge in [-0.15, -0.1) is 0 Å². The van der Waals surface area contributed by atoms with Crippen molar-refractivity contribution >= 4 is 17.8 Å². The van der Waals surface area contributed by atoms with Crippen LogP contribution in [0.5, 0.6) is 11.5 Å². The molecule has 0 aromatic heterocycles. The molecule has 1 aliphatic rings. The molecule has 2 amide bonds. The number of carbonyl (C=O) groups excluding carboxylic acids is 2. The van der Waals surface area contributed by atoms with E-state index in [0.29, 0.717) is 49.4 Å². The number of carbonyl (C=O) groups is 3. The highest BCUT2D eigenvalue weighted by Gasteiger charge is 2.28. The molecule has 0 radical (unpaired) electrons. The van der Waals surface area contributed by atoms with Crippen molar-refractivity contribution in [3.63, 3.8) is 0 Å². The van der Waals surface area contributed by atoms with Crippen molar-refractivity contribution in [2.45, 2.75) is 32.2 Å². The zero-order chi connectivity index (χ0) is 20.0. The number of ether oxygens (including phenoxy) is 2. The monoisotopic (exact) mass is 378 g/mol. The van der Waals surface area contributed by atoms with Crippen molar-refractivity contribution in [1.29, 1.82) is 0 Å². The lowest BCUT2D eigenvalue weighted by atomic mass is 10.1. The quantitative estimate of drug-likeness (QED) is 0.808. The van der Waals surface area contributed by atoms with Gasteiger partial charge >= 0.3 is 5.97 Å². The van der Waals surface area contributed by atoms with E-state index in [2.05, 4.69) is 0 Å². The Bertz CT molecular complexity index is 705. The maximum Gasteiger partial charge on any atom is 0.323 e. The summed E-state index contributed by atoms with van der Waals surface area (Å²) in [7, 11) is 3.05. The van der Waals surface area contributed by atoms with E-state index in [1.807, 2.05) is 0 Å². The third kappa shape index (κ3) is 5.12. The number of hydrogen-bond acceptors (Lipinski definition) is 5. The Morgan fingerprint density at radius 1 is 1.19 bits per heavy atom. The topological polar surface area (TPSA) is 96.4 Å². The third-order valence-corrected chi connectivity index (χ3v) is 4.77. The van der Waals surface area contributed by atoms with Crippen molar-refractivity contribution < 1.29 is 29.0 Å². The molecule has 1 fully saturated rings. The van der Waals surface area contributed by atoms with Crippen molar-refractivity contribution in [3.05, 3.63) is 23.8 Å². The Balaban J connectivity index is 2.12. The first-order valence-electron chi connectivity index (χ1n) is 8.87. The molecule has 1 aromatic rings. The fourth-order valence-corrected chi connectivity index (χ4v) is 3.38. The first-order chi connectivity index (χ1) is 12.9. The van der Waals surface area contributed by atoms with E-state index in [1.165, 1.54) is 18.9 Å². The summed E-state index contributed by atoms with van der Waals surface area (Å²) in [5, 5.41) is 9.04. The van der Waals surface area contributed by atoms with E-state index in [9.17, 15) is 14.4 Å². The van der Waals surface area contributed by atoms with Crippen LogP contribution in [0.4, 0.5) is 0 Å². The van der Waals surface area contributed by atoms with Crippen LogP contribution in [0.25, 0.3) is 0 Å². The number of methoxy groups -OCH3 is 2. The molecule has 1 saturated heterocycles. The van der Waals surface area contributed by atoms with E-state index < -0.39 is 5.97 Å². The van der Waals surface area contributed by atoms with Gasteiger partial charge < -0.3 is 24.4 Å². The van der Waals surface area contributed by atoms with Crippen LogP contribution in [0.15, 0.2) is 18.2 Å². The summed E-state index contributed by atoms with van der Waals surface area (Å²) in [5.41, 5.74) is 0.450. The fraction of sp³-hybridized carbons (Fsp3) is 0.526. The summed E-state index contributed by atoms with van der Waals surface area (Å²) < 4.78 is 10.5. The van der Waals surface area contributed by atoms with Gasteiger partial charge in [-0.2, -0.15) is 0 Å². The Labute approximate surface area is 158 Å². The second-order valence-electron chi connectivity index (χ2n) is 6.48. The van der Waals surface area contributed by atoms with Gasteiger partial charge in [0, 0.05) is 32.1 Å². The minimum absolute atomic E-state index is 0.150. The molecule has 1 N–H and O–H groups in total. The SMILES string of the molecule is COc1ccc(C(=O)N2CCCC(N(CC(=O)O)C(C)=O)CC2)c(OC)c1. The number of carboxylic acid groups (broad SMARTS) is 1. The summed E-state index contributed by atoms with van der Waals surface area (Å²) in [5.74, 6) is -0.409. The molecule has 148 valence electrons. The highest BCUT2D eigenvalue weighted by Crippen LogP contribution is 2.27. The highest BCUT2D eigenvalue weighted by atomic mass is 16.5. The number of hydrogen-bond donors (Lipinski definition) is 1. The number of nitrogens with zero attached hydrogens (tertiary/aromatic N) is 2. The average molecular weight is 378 g/mol. The van der Waals surface area contributed by atoms with Gasteiger partial charge in [-0.25, -0.2) is 0 Å². The summed E-state index contributed by atoms with van der Waals surface area (Å²) in [6, 6.07) is 4.86. The number of benzene rings is 1. The van der Waals surface area contributed by atoms with Gasteiger partial charge in [-0.05, 0) is 31.4 Å². The molecular formula is C19H26N2O6. The molecule has 1 aliphatic heterocycles. The van der Waals surface area contributed by atoms with Gasteiger partial charge in [0.2, 0.25) is 5.91 Å². The van der Waals surface area contributed by atoms with Crippen molar-refractivity contribution in [3.8, 4) is 11.5 Å². The molecule has 2 rings (SSSR count). The summed E-state index contributed by atoms with van der Waals surface area (Å²) in [6.07, 6.45) is 1.89. The number of carboxylic acids is 1. The van der Waals surface area contributed by atoms with Crippen LogP contribution in [0, 0.1) is 0 Å². The normalized spacial score (nSPS) is 17.0. The molecule has 1 atom stereocenters. The van der Waals surface area contributed by atoms with E-state index in [1.54, 1.807) is 30.2 Å². The molecular weight excluding hydrogens is 352 g/mol. The summed E-state index contributed by atoms with van der Waals surface area (Å²) in [4.78, 5) is 38.9. The Hall–Kier alpha value is -2.77. The molecule has 27 heavy (non-hydrogen) atoms. The minimum atomic E-state index is -1.04. The first kappa shape index (κ1) is 20.5. The molecule has 1 unspecified atom stereocenters. The van der Waals surface area contributed by atoms with Crippen LogP contribution in [-0.2, 0) is 9.59 Å². The largest absolute Gasteiger partial charge is 0.497 e. The molecule has 0 aliphatic carbocycles. The molecule has 0 saturated carbocycles. The standard InChI is InChI=1S/C19H26N2O6/c1-13(22)21(12-18(23)24)14-5-4-9-20(10-8-14)19(25)16-7-6-15(26-2)11-17(16)27-3/h6-7,11,14H,4-5,8-10,12H2,1-3H3,(H,23,24). The summed E-state index contributed by atoms with van der Waals surface area (Å²) in [6.45, 7) is 2.05. The molecule has 8 heteroatoms. The number of aliphatic carboxylic acids is 1. The molecule has 1 heterocycles. The lowest BCUT2D eigenvalue weighted by Gasteiger charge is -2.29. The zero-order valence-electron chi connectivity index (χ0n) is 15.9. The van der Waals surface area contributed by atoms with Crippen LogP contribution < -0.4 is 9.47 Å². The first-order valence-corrected chi connectivity index (χ1v) is 8.87. The van der Waals surface area contributed by atoms with Gasteiger partial charge in [0.05, 0.1) is 19.8 Å². The van der Waals surface area contributed by atoms with Gasteiger partial charge in [0.1, 0.15) is 18.0 Å². The lowest BCUT2D eigenvalue weighted by Crippen LogP contribution is -2.43. The third-order valence-electron chi connectivity index (χ3n) is 4.77. The molecule has 0 bridgehead atoms. The highest BCUT2D eigenvalue weighted by molar-refractivity contribution is 5.97. The summed E-state index contributed by atoms with van der Waals surface area (Å²) >= 11 is 0. The second-order valence-corrected chi connectivity index (χ2v) is 6.48. The van der Waals surface area contributed by atoms with Gasteiger partial charge in [0.25, 0.3) is 5.91 Å². The molecule has 8 nitrogen and oxygen atoms in total. The molecule has 0 spiro atoms. The number of likely N-dealkylation sites (tertiary alicyclic amines) is 1. The maximum absolute atomic E-state index is 13.0. The second kappa shape index (κ2) is 9.25. The van der Waals surface area contributed by atoms with E-state index in [4.69, 9.17) is 14.6 Å². The Kier molecular flexibility index (Phi) is 7.04. The van der Waals surface area contributed by atoms with Gasteiger partial charge in [-0.1, -0.05) is 0 Å². The van der Waals surface area contributed by atoms with Crippen molar-refractivity contribution in [2.24, 2.45) is 0 Å². The molecule has 1 aromatic carbocycles. The van der Waals surface area contributed by atoms with Gasteiger partial charge in [-0.3, -0.25) is 14.4 Å². The lowest BCUT2D eigenvalue weighted by molar-refractivity contribution is -0.145. The fourth-order valence-electron chi connectivity index (χ4n) is 3.38. The predicted octanol–water partition coefficient (Wildman–Crippen LogP) is 1.63. The Morgan fingerprint density at radius 2 is 1.93 bits per heavy atom. The smallest absolute Gasteiger partial charge is 0.323 e. The van der Waals surface area contributed by atoms with Crippen molar-refractivity contribution in [1.82, 2.24) is 9.80 Å². The van der Waals surface area contributed by atoms with E-state index in [-0.39, 0.29) is 24.4 Å². The van der Waals surface area contributed by atoms with Crippen LogP contribution in [0.2, 0.25) is 0 Å². The Morgan fingerprint density at radius 3 is 2.52 bits per heavy atom. The van der Waals surface area contributed by atoms with Crippen LogP contribution >= 0.6 is 0 Å². The van der Waals surface area contributed by atoms with E-state index in [0.717, 1.165) is 0 Å². The van der Waals surface area contributed by atoms with Crippen LogP contribution in [0.3, 0.4) is 0 Å². The van der Waals surface area contributed by atoms with Crippen LogP contribution in [0.1, 0.15) is 36.5 Å². The maximum atomic E-state index is 13.0. The number of amides is 2. The van der Waals surface area contributed by atoms with Gasteiger partial charge in [0.15, 0.2) is 0 Å². The predicted molar refractivity (Wildman–Crippen MR) is 98.1 cm³/mol. The zero-order valence-corrected chi connectivity index (χ0v) is 15.9. The van der Waals surface area contributed by atoms with Crippen molar-refractivity contribution in [2.75, 3.05) is 33.9 Å². The average Bonchev–Trinajstić information content (AvgIpc) is 2.90. The minimum Gasteiger partial charge on any atom is -0.497 e. The van der Waals surface area contributed by atoms with E-state index >= 15 is 0 Å². The number of rotatable bonds is 6.